The lowest BCUT2D eigenvalue weighted by molar-refractivity contribution is -0.135. The molecule has 130 valence electrons. The number of carbonyl (C=O) groups is 2. The molecule has 2 aliphatic heterocycles. The first-order chi connectivity index (χ1) is 11.6. The largest absolute Gasteiger partial charge is 0.375 e. The van der Waals surface area contributed by atoms with Gasteiger partial charge in [-0.3, -0.25) is 9.59 Å². The van der Waals surface area contributed by atoms with Gasteiger partial charge in [0.05, 0.1) is 6.20 Å². The van der Waals surface area contributed by atoms with E-state index in [0.717, 1.165) is 64.7 Å². The van der Waals surface area contributed by atoms with Crippen molar-refractivity contribution < 1.29 is 9.59 Å². The van der Waals surface area contributed by atoms with Crippen molar-refractivity contribution in [1.82, 2.24) is 14.8 Å². The van der Waals surface area contributed by atoms with Crippen LogP contribution in [0.4, 0.5) is 5.13 Å². The molecule has 0 atom stereocenters. The van der Waals surface area contributed by atoms with E-state index < -0.39 is 0 Å². The van der Waals surface area contributed by atoms with E-state index in [1.165, 1.54) is 11.3 Å². The fourth-order valence-electron chi connectivity index (χ4n) is 4.02. The number of nitrogens with zero attached hydrogens (tertiary/aromatic N) is 3. The van der Waals surface area contributed by atoms with Crippen molar-refractivity contribution in [3.05, 3.63) is 11.1 Å². The summed E-state index contributed by atoms with van der Waals surface area (Å²) in [7, 11) is 0. The van der Waals surface area contributed by atoms with Crippen molar-refractivity contribution in [2.75, 3.05) is 31.9 Å². The molecule has 1 saturated carbocycles. The highest BCUT2D eigenvalue weighted by Crippen LogP contribution is 2.42. The van der Waals surface area contributed by atoms with Gasteiger partial charge in [0.2, 0.25) is 5.91 Å². The van der Waals surface area contributed by atoms with Crippen molar-refractivity contribution in [1.29, 1.82) is 0 Å². The normalized spacial score (nSPS) is 23.5. The number of aromatic nitrogens is 1. The zero-order chi connectivity index (χ0) is 16.7. The average Bonchev–Trinajstić information content (AvgIpc) is 3.36. The molecule has 7 heteroatoms. The minimum Gasteiger partial charge on any atom is -0.375 e. The van der Waals surface area contributed by atoms with E-state index in [9.17, 15) is 9.59 Å². The Morgan fingerprint density at radius 1 is 1.08 bits per heavy atom. The van der Waals surface area contributed by atoms with Crippen LogP contribution in [0.15, 0.2) is 6.20 Å². The molecular formula is C17H24N4O2S. The Hall–Kier alpha value is -1.63. The molecule has 1 aliphatic carbocycles. The molecule has 3 aliphatic rings. The number of rotatable bonds is 2. The van der Waals surface area contributed by atoms with Crippen molar-refractivity contribution in [2.24, 2.45) is 11.3 Å². The zero-order valence-corrected chi connectivity index (χ0v) is 14.7. The van der Waals surface area contributed by atoms with Crippen LogP contribution >= 0.6 is 11.3 Å². The van der Waals surface area contributed by atoms with Gasteiger partial charge in [0.1, 0.15) is 4.88 Å². The summed E-state index contributed by atoms with van der Waals surface area (Å²) in [6.45, 7) is 3.39. The van der Waals surface area contributed by atoms with Crippen LogP contribution in [-0.4, -0.2) is 52.8 Å². The van der Waals surface area contributed by atoms with Gasteiger partial charge in [-0.2, -0.15) is 0 Å². The third-order valence-electron chi connectivity index (χ3n) is 5.91. The molecule has 0 unspecified atom stereocenters. The summed E-state index contributed by atoms with van der Waals surface area (Å²) in [5.74, 6) is 0.756. The molecule has 1 spiro atoms. The van der Waals surface area contributed by atoms with Gasteiger partial charge < -0.3 is 15.5 Å². The van der Waals surface area contributed by atoms with Gasteiger partial charge in [-0.15, -0.1) is 0 Å². The lowest BCUT2D eigenvalue weighted by Gasteiger charge is -2.46. The number of nitrogens with two attached hydrogens (primary N) is 1. The molecule has 24 heavy (non-hydrogen) atoms. The molecule has 3 fully saturated rings. The van der Waals surface area contributed by atoms with E-state index >= 15 is 0 Å². The second-order valence-electron chi connectivity index (χ2n) is 7.45. The molecule has 2 saturated heterocycles. The number of nitrogen functional groups attached to an aromatic ring is 1. The van der Waals surface area contributed by atoms with Crippen molar-refractivity contribution >= 4 is 28.3 Å². The molecule has 3 heterocycles. The summed E-state index contributed by atoms with van der Waals surface area (Å²) in [6.07, 6.45) is 7.99. The summed E-state index contributed by atoms with van der Waals surface area (Å²) >= 11 is 1.26. The fourth-order valence-corrected chi connectivity index (χ4v) is 4.67. The standard InChI is InChI=1S/C17H24N4O2S/c18-16-19-11-13(24-16)15(23)21-9-5-17(6-10-21)3-7-20(8-4-17)14(22)12-1-2-12/h11-12H,1-10H2,(H2,18,19). The maximum Gasteiger partial charge on any atom is 0.265 e. The Morgan fingerprint density at radius 2 is 1.67 bits per heavy atom. The first-order valence-electron chi connectivity index (χ1n) is 8.86. The summed E-state index contributed by atoms with van der Waals surface area (Å²) in [5, 5.41) is 0.444. The Morgan fingerprint density at radius 3 is 2.17 bits per heavy atom. The van der Waals surface area contributed by atoms with Crippen LogP contribution in [0.25, 0.3) is 0 Å². The van der Waals surface area contributed by atoms with E-state index in [0.29, 0.717) is 27.2 Å². The molecule has 2 N–H and O–H groups in total. The summed E-state index contributed by atoms with van der Waals surface area (Å²) < 4.78 is 0. The predicted molar refractivity (Wildman–Crippen MR) is 92.6 cm³/mol. The summed E-state index contributed by atoms with van der Waals surface area (Å²) in [5.41, 5.74) is 5.95. The smallest absolute Gasteiger partial charge is 0.265 e. The molecule has 6 nitrogen and oxygen atoms in total. The van der Waals surface area contributed by atoms with Gasteiger partial charge in [-0.05, 0) is 43.9 Å². The van der Waals surface area contributed by atoms with Gasteiger partial charge in [-0.1, -0.05) is 11.3 Å². The quantitative estimate of drug-likeness (QED) is 0.886. The third-order valence-corrected chi connectivity index (χ3v) is 6.72. The second kappa shape index (κ2) is 6.02. The highest BCUT2D eigenvalue weighted by molar-refractivity contribution is 7.17. The topological polar surface area (TPSA) is 79.5 Å². The van der Waals surface area contributed by atoms with Crippen molar-refractivity contribution in [3.63, 3.8) is 0 Å². The molecule has 0 aromatic carbocycles. The lowest BCUT2D eigenvalue weighted by atomic mass is 9.71. The van der Waals surface area contributed by atoms with Crippen LogP contribution in [0.3, 0.4) is 0 Å². The number of amides is 2. The van der Waals surface area contributed by atoms with Gasteiger partial charge in [-0.25, -0.2) is 4.98 Å². The maximum absolute atomic E-state index is 12.5. The maximum atomic E-state index is 12.5. The monoisotopic (exact) mass is 348 g/mol. The second-order valence-corrected chi connectivity index (χ2v) is 8.52. The zero-order valence-electron chi connectivity index (χ0n) is 13.9. The van der Waals surface area contributed by atoms with E-state index in [1.54, 1.807) is 6.20 Å². The van der Waals surface area contributed by atoms with E-state index in [4.69, 9.17) is 5.73 Å². The molecule has 0 bridgehead atoms. The van der Waals surface area contributed by atoms with Gasteiger partial charge in [0.25, 0.3) is 5.91 Å². The number of carbonyl (C=O) groups excluding carboxylic acids is 2. The average molecular weight is 348 g/mol. The van der Waals surface area contributed by atoms with Gasteiger partial charge in [0.15, 0.2) is 5.13 Å². The minimum absolute atomic E-state index is 0.0559. The van der Waals surface area contributed by atoms with Crippen molar-refractivity contribution in [2.45, 2.75) is 38.5 Å². The van der Waals surface area contributed by atoms with Crippen molar-refractivity contribution in [3.8, 4) is 0 Å². The van der Waals surface area contributed by atoms with Crippen LogP contribution in [0, 0.1) is 11.3 Å². The SMILES string of the molecule is Nc1ncc(C(=O)N2CCC3(CC2)CCN(C(=O)C2CC2)CC3)s1. The Bertz CT molecular complexity index is 637. The molecule has 1 aromatic heterocycles. The molecular weight excluding hydrogens is 324 g/mol. The Kier molecular flexibility index (Phi) is 3.98. The van der Waals surface area contributed by atoms with Gasteiger partial charge >= 0.3 is 0 Å². The van der Waals surface area contributed by atoms with Gasteiger partial charge in [0, 0.05) is 32.1 Å². The first-order valence-corrected chi connectivity index (χ1v) is 9.67. The highest BCUT2D eigenvalue weighted by Gasteiger charge is 2.41. The Balaban J connectivity index is 1.31. The molecule has 1 aromatic rings. The first kappa shape index (κ1) is 15.9. The van der Waals surface area contributed by atoms with E-state index in [2.05, 4.69) is 9.88 Å². The summed E-state index contributed by atoms with van der Waals surface area (Å²) in [4.78, 5) is 33.3. The lowest BCUT2D eigenvalue weighted by Crippen LogP contribution is -2.49. The third kappa shape index (κ3) is 3.01. The van der Waals surface area contributed by atoms with Crippen LogP contribution in [-0.2, 0) is 4.79 Å². The Labute approximate surface area is 146 Å². The molecule has 2 amide bonds. The van der Waals surface area contributed by atoms with Crippen LogP contribution in [0.2, 0.25) is 0 Å². The summed E-state index contributed by atoms with van der Waals surface area (Å²) in [6, 6.07) is 0. The number of likely N-dealkylation sites (tertiary alicyclic amines) is 2. The van der Waals surface area contributed by atoms with Crippen LogP contribution in [0.5, 0.6) is 0 Å². The number of anilines is 1. The van der Waals surface area contributed by atoms with E-state index in [1.807, 2.05) is 4.90 Å². The number of hydrogen-bond donors (Lipinski definition) is 1. The highest BCUT2D eigenvalue weighted by atomic mass is 32.1. The van der Waals surface area contributed by atoms with Crippen LogP contribution in [0.1, 0.15) is 48.2 Å². The van der Waals surface area contributed by atoms with E-state index in [-0.39, 0.29) is 5.91 Å². The fraction of sp³-hybridized carbons (Fsp3) is 0.706. The predicted octanol–water partition coefficient (Wildman–Crippen LogP) is 1.98. The number of piperidine rings is 2. The number of thiazole rings is 1. The molecule has 0 radical (unpaired) electrons. The number of hydrogen-bond acceptors (Lipinski definition) is 5. The molecule has 4 rings (SSSR count). The minimum atomic E-state index is 0.0559. The van der Waals surface area contributed by atoms with Crippen LogP contribution < -0.4 is 5.73 Å².